The number of rotatable bonds is 5. The Hall–Kier alpha value is -2.73. The zero-order chi connectivity index (χ0) is 16.4. The molecule has 6 heteroatoms. The summed E-state index contributed by atoms with van der Waals surface area (Å²) >= 11 is 0. The number of pyridine rings is 1. The quantitative estimate of drug-likeness (QED) is 0.770. The molecule has 24 heavy (non-hydrogen) atoms. The molecule has 122 valence electrons. The Morgan fingerprint density at radius 3 is 2.62 bits per heavy atom. The molecule has 1 N–H and O–H groups in total. The predicted octanol–water partition coefficient (Wildman–Crippen LogP) is 3.76. The van der Waals surface area contributed by atoms with Crippen LogP contribution in [0.4, 0.5) is 0 Å². The Bertz CT molecular complexity index is 798. The Labute approximate surface area is 139 Å². The zero-order valence-corrected chi connectivity index (χ0v) is 13.0. The summed E-state index contributed by atoms with van der Waals surface area (Å²) in [6.45, 7) is 0. The first-order valence-corrected chi connectivity index (χ1v) is 8.00. The average Bonchev–Trinajstić information content (AvgIpc) is 3.05. The fraction of sp³-hybridized carbons (Fsp3) is 0.278. The van der Waals surface area contributed by atoms with Gasteiger partial charge in [0.15, 0.2) is 0 Å². The largest absolute Gasteiger partial charge is 0.439 e. The highest BCUT2D eigenvalue weighted by Crippen LogP contribution is 2.37. The summed E-state index contributed by atoms with van der Waals surface area (Å²) in [6, 6.07) is 13.0. The van der Waals surface area contributed by atoms with Crippen molar-refractivity contribution >= 4 is 0 Å². The lowest BCUT2D eigenvalue weighted by atomic mass is 9.81. The van der Waals surface area contributed by atoms with E-state index >= 15 is 0 Å². The maximum atomic E-state index is 10.2. The third-order valence-electron chi connectivity index (χ3n) is 4.25. The monoisotopic (exact) mass is 323 g/mol. The maximum Gasteiger partial charge on any atom is 0.256 e. The van der Waals surface area contributed by atoms with Crippen molar-refractivity contribution in [1.82, 2.24) is 15.1 Å². The van der Waals surface area contributed by atoms with Gasteiger partial charge >= 0.3 is 0 Å². The van der Waals surface area contributed by atoms with Crippen LogP contribution in [-0.4, -0.2) is 20.2 Å². The Kier molecular flexibility index (Phi) is 3.96. The highest BCUT2D eigenvalue weighted by Gasteiger charge is 2.30. The number of hydrogen-bond acceptors (Lipinski definition) is 6. The summed E-state index contributed by atoms with van der Waals surface area (Å²) in [7, 11) is 0. The normalized spacial score (nSPS) is 15.7. The van der Waals surface area contributed by atoms with Crippen LogP contribution < -0.4 is 4.74 Å². The minimum absolute atomic E-state index is 0.234. The Balaban J connectivity index is 1.47. The lowest BCUT2D eigenvalue weighted by Crippen LogP contribution is -2.20. The van der Waals surface area contributed by atoms with Gasteiger partial charge in [-0.15, -0.1) is 0 Å². The van der Waals surface area contributed by atoms with Crippen molar-refractivity contribution in [3.63, 3.8) is 0 Å². The van der Waals surface area contributed by atoms with Gasteiger partial charge in [-0.2, -0.15) is 4.98 Å². The van der Waals surface area contributed by atoms with Crippen LogP contribution in [0, 0.1) is 5.92 Å². The van der Waals surface area contributed by atoms with Crippen LogP contribution in [0.1, 0.15) is 31.3 Å². The van der Waals surface area contributed by atoms with E-state index in [1.807, 2.05) is 36.4 Å². The van der Waals surface area contributed by atoms with Crippen LogP contribution in [0.2, 0.25) is 0 Å². The maximum absolute atomic E-state index is 10.2. The van der Waals surface area contributed by atoms with Gasteiger partial charge in [0, 0.05) is 17.8 Å². The minimum Gasteiger partial charge on any atom is -0.439 e. The molecule has 2 heterocycles. The van der Waals surface area contributed by atoms with E-state index in [0.29, 0.717) is 17.3 Å². The third-order valence-corrected chi connectivity index (χ3v) is 4.25. The van der Waals surface area contributed by atoms with Gasteiger partial charge in [-0.05, 0) is 37.0 Å². The first-order valence-electron chi connectivity index (χ1n) is 8.00. The van der Waals surface area contributed by atoms with E-state index < -0.39 is 6.10 Å². The smallest absolute Gasteiger partial charge is 0.256 e. The van der Waals surface area contributed by atoms with E-state index in [2.05, 4.69) is 15.1 Å². The standard InChI is InChI=1S/C18H17N3O3/c22-16(12-5-4-6-12)18-20-17(21-24-18)13-9-10-15(19-11-13)23-14-7-2-1-3-8-14/h1-3,7-12,16,22H,4-6H2. The molecule has 4 rings (SSSR count). The predicted molar refractivity (Wildman–Crippen MR) is 86.3 cm³/mol. The number of benzene rings is 1. The molecule has 0 saturated heterocycles. The van der Waals surface area contributed by atoms with Crippen LogP contribution >= 0.6 is 0 Å². The van der Waals surface area contributed by atoms with Gasteiger partial charge in [0.2, 0.25) is 11.7 Å². The van der Waals surface area contributed by atoms with Gasteiger partial charge in [0.25, 0.3) is 5.89 Å². The van der Waals surface area contributed by atoms with Crippen molar-refractivity contribution in [2.75, 3.05) is 0 Å². The van der Waals surface area contributed by atoms with Crippen LogP contribution in [0.5, 0.6) is 11.6 Å². The molecule has 6 nitrogen and oxygen atoms in total. The molecule has 0 amide bonds. The number of aliphatic hydroxyl groups is 1. The van der Waals surface area contributed by atoms with E-state index in [0.717, 1.165) is 25.0 Å². The highest BCUT2D eigenvalue weighted by molar-refractivity contribution is 5.53. The highest BCUT2D eigenvalue weighted by atomic mass is 16.5. The summed E-state index contributed by atoms with van der Waals surface area (Å²) in [6.07, 6.45) is 4.12. The Morgan fingerprint density at radius 2 is 1.96 bits per heavy atom. The van der Waals surface area contributed by atoms with Crippen LogP contribution in [0.3, 0.4) is 0 Å². The molecule has 1 atom stereocenters. The summed E-state index contributed by atoms with van der Waals surface area (Å²) in [5.41, 5.74) is 0.714. The van der Waals surface area contributed by atoms with E-state index in [1.54, 1.807) is 12.3 Å². The summed E-state index contributed by atoms with van der Waals surface area (Å²) in [5.74, 6) is 2.14. The first-order chi connectivity index (χ1) is 11.8. The van der Waals surface area contributed by atoms with Crippen molar-refractivity contribution in [3.8, 4) is 23.0 Å². The van der Waals surface area contributed by atoms with Crippen molar-refractivity contribution < 1.29 is 14.4 Å². The molecule has 0 radical (unpaired) electrons. The second-order valence-corrected chi connectivity index (χ2v) is 5.89. The number of nitrogens with zero attached hydrogens (tertiary/aromatic N) is 3. The van der Waals surface area contributed by atoms with E-state index in [-0.39, 0.29) is 11.8 Å². The van der Waals surface area contributed by atoms with E-state index in [4.69, 9.17) is 9.26 Å². The van der Waals surface area contributed by atoms with Gasteiger partial charge in [-0.3, -0.25) is 0 Å². The minimum atomic E-state index is -0.673. The molecular formula is C18H17N3O3. The number of aliphatic hydroxyl groups excluding tert-OH is 1. The van der Waals surface area contributed by atoms with Crippen molar-refractivity contribution in [3.05, 3.63) is 54.6 Å². The molecule has 2 aromatic heterocycles. The molecule has 0 spiro atoms. The topological polar surface area (TPSA) is 81.3 Å². The first kappa shape index (κ1) is 14.8. The zero-order valence-electron chi connectivity index (χ0n) is 13.0. The van der Waals surface area contributed by atoms with Crippen molar-refractivity contribution in [1.29, 1.82) is 0 Å². The SMILES string of the molecule is OC(c1nc(-c2ccc(Oc3ccccc3)nc2)no1)C1CCC1. The average molecular weight is 323 g/mol. The molecule has 1 unspecified atom stereocenters. The van der Waals surface area contributed by atoms with Crippen molar-refractivity contribution in [2.45, 2.75) is 25.4 Å². The molecule has 1 aromatic carbocycles. The van der Waals surface area contributed by atoms with Gasteiger partial charge in [-0.25, -0.2) is 4.98 Å². The number of para-hydroxylation sites is 1. The second-order valence-electron chi connectivity index (χ2n) is 5.89. The lowest BCUT2D eigenvalue weighted by Gasteiger charge is -2.27. The summed E-state index contributed by atoms with van der Waals surface area (Å²) in [4.78, 5) is 8.55. The van der Waals surface area contributed by atoms with Gasteiger partial charge in [0.05, 0.1) is 0 Å². The van der Waals surface area contributed by atoms with Gasteiger partial charge < -0.3 is 14.4 Å². The molecule has 3 aromatic rings. The summed E-state index contributed by atoms with van der Waals surface area (Å²) in [5, 5.41) is 14.1. The molecule has 1 saturated carbocycles. The lowest BCUT2D eigenvalue weighted by molar-refractivity contribution is 0.0354. The molecule has 1 aliphatic rings. The fourth-order valence-corrected chi connectivity index (χ4v) is 2.61. The van der Waals surface area contributed by atoms with Gasteiger partial charge in [0.1, 0.15) is 11.9 Å². The molecule has 0 aliphatic heterocycles. The second kappa shape index (κ2) is 6.41. The van der Waals surface area contributed by atoms with Crippen LogP contribution in [0.25, 0.3) is 11.4 Å². The van der Waals surface area contributed by atoms with E-state index in [9.17, 15) is 5.11 Å². The third kappa shape index (κ3) is 3.00. The molecule has 0 bridgehead atoms. The number of aromatic nitrogens is 3. The Morgan fingerprint density at radius 1 is 1.12 bits per heavy atom. The van der Waals surface area contributed by atoms with Gasteiger partial charge in [-0.1, -0.05) is 29.8 Å². The van der Waals surface area contributed by atoms with Crippen LogP contribution in [-0.2, 0) is 0 Å². The molecular weight excluding hydrogens is 306 g/mol. The summed E-state index contributed by atoms with van der Waals surface area (Å²) < 4.78 is 10.8. The number of hydrogen-bond donors (Lipinski definition) is 1. The van der Waals surface area contributed by atoms with Crippen LogP contribution in [0.15, 0.2) is 53.2 Å². The molecule has 1 aliphatic carbocycles. The number of ether oxygens (including phenoxy) is 1. The van der Waals surface area contributed by atoms with Crippen molar-refractivity contribution in [2.24, 2.45) is 5.92 Å². The van der Waals surface area contributed by atoms with E-state index in [1.165, 1.54) is 0 Å². The fourth-order valence-electron chi connectivity index (χ4n) is 2.61. The molecule has 1 fully saturated rings.